The van der Waals surface area contributed by atoms with E-state index in [2.05, 4.69) is 26.9 Å². The van der Waals surface area contributed by atoms with E-state index in [9.17, 15) is 9.59 Å². The molecular formula is C19H19BrN2O2. The van der Waals surface area contributed by atoms with Crippen LogP contribution in [0.15, 0.2) is 51.7 Å². The lowest BCUT2D eigenvalue weighted by molar-refractivity contribution is 0.0817. The smallest absolute Gasteiger partial charge is 0.250 e. The molecule has 4 nitrogen and oxygen atoms in total. The van der Waals surface area contributed by atoms with E-state index in [-0.39, 0.29) is 11.3 Å². The van der Waals surface area contributed by atoms with Crippen LogP contribution in [0.25, 0.3) is 0 Å². The Labute approximate surface area is 149 Å². The summed E-state index contributed by atoms with van der Waals surface area (Å²) in [5.74, 6) is 0.964. The van der Waals surface area contributed by atoms with E-state index < -0.39 is 0 Å². The Kier molecular flexibility index (Phi) is 4.14. The zero-order chi connectivity index (χ0) is 16.7. The number of piperidine rings is 1. The highest BCUT2D eigenvalue weighted by molar-refractivity contribution is 9.10. The van der Waals surface area contributed by atoms with Crippen LogP contribution in [0, 0.1) is 5.92 Å². The molecule has 5 heteroatoms. The first-order valence-electron chi connectivity index (χ1n) is 8.31. The van der Waals surface area contributed by atoms with Crippen molar-refractivity contribution in [2.45, 2.75) is 18.9 Å². The van der Waals surface area contributed by atoms with Gasteiger partial charge in [-0.25, -0.2) is 0 Å². The molecule has 0 N–H and O–H groups in total. The van der Waals surface area contributed by atoms with E-state index in [0.29, 0.717) is 18.4 Å². The van der Waals surface area contributed by atoms with Crippen LogP contribution in [0.3, 0.4) is 0 Å². The number of pyridine rings is 1. The van der Waals surface area contributed by atoms with Crippen LogP contribution >= 0.6 is 15.9 Å². The number of carbonyl (C=O) groups is 1. The van der Waals surface area contributed by atoms with Gasteiger partial charge in [-0.05, 0) is 30.5 Å². The van der Waals surface area contributed by atoms with Crippen molar-refractivity contribution in [1.82, 2.24) is 9.47 Å². The highest BCUT2D eigenvalue weighted by Crippen LogP contribution is 2.34. The third kappa shape index (κ3) is 2.98. The second-order valence-electron chi connectivity index (χ2n) is 6.82. The second-order valence-corrected chi connectivity index (χ2v) is 7.74. The van der Waals surface area contributed by atoms with Crippen molar-refractivity contribution in [3.63, 3.8) is 0 Å². The van der Waals surface area contributed by atoms with Crippen molar-refractivity contribution in [2.24, 2.45) is 5.92 Å². The van der Waals surface area contributed by atoms with Gasteiger partial charge in [-0.1, -0.05) is 34.1 Å². The summed E-state index contributed by atoms with van der Waals surface area (Å²) in [6.07, 6.45) is 1.12. The topological polar surface area (TPSA) is 42.3 Å². The summed E-state index contributed by atoms with van der Waals surface area (Å²) in [5.41, 5.74) is 1.98. The minimum Gasteiger partial charge on any atom is -0.312 e. The third-order valence-electron chi connectivity index (χ3n) is 5.09. The second kappa shape index (κ2) is 6.30. The molecule has 3 heterocycles. The molecule has 2 aromatic rings. The molecule has 0 amide bonds. The number of Topliss-reactive ketones (excluding diaryl/α,β-unsaturated/α-hetero) is 1. The Morgan fingerprint density at radius 1 is 1.08 bits per heavy atom. The van der Waals surface area contributed by atoms with E-state index in [1.807, 2.05) is 34.9 Å². The SMILES string of the molecule is O=C(CN1CC2CC(C1)c1cccc(=O)n1C2)c1ccc(Br)cc1. The number of hydrogen-bond acceptors (Lipinski definition) is 3. The van der Waals surface area contributed by atoms with Gasteiger partial charge in [0.05, 0.1) is 6.54 Å². The Morgan fingerprint density at radius 3 is 2.67 bits per heavy atom. The number of benzene rings is 1. The summed E-state index contributed by atoms with van der Waals surface area (Å²) in [5, 5.41) is 0. The molecule has 0 radical (unpaired) electrons. The van der Waals surface area contributed by atoms with Crippen molar-refractivity contribution >= 4 is 21.7 Å². The van der Waals surface area contributed by atoms with Gasteiger partial charge in [0.15, 0.2) is 5.78 Å². The molecule has 4 rings (SSSR count). The summed E-state index contributed by atoms with van der Waals surface area (Å²) in [4.78, 5) is 26.8. The number of ketones is 1. The van der Waals surface area contributed by atoms with Crippen LogP contribution in [-0.2, 0) is 6.54 Å². The zero-order valence-electron chi connectivity index (χ0n) is 13.3. The molecule has 2 atom stereocenters. The molecule has 1 aromatic carbocycles. The highest BCUT2D eigenvalue weighted by atomic mass is 79.9. The lowest BCUT2D eigenvalue weighted by Crippen LogP contribution is -2.48. The molecule has 2 bridgehead atoms. The summed E-state index contributed by atoms with van der Waals surface area (Å²) in [7, 11) is 0. The molecule has 1 saturated heterocycles. The molecular weight excluding hydrogens is 368 g/mol. The zero-order valence-corrected chi connectivity index (χ0v) is 14.9. The van der Waals surface area contributed by atoms with Crippen molar-refractivity contribution in [1.29, 1.82) is 0 Å². The molecule has 2 aliphatic rings. The molecule has 24 heavy (non-hydrogen) atoms. The molecule has 1 fully saturated rings. The predicted molar refractivity (Wildman–Crippen MR) is 96.5 cm³/mol. The van der Waals surface area contributed by atoms with Gasteiger partial charge in [-0.15, -0.1) is 0 Å². The van der Waals surface area contributed by atoms with E-state index >= 15 is 0 Å². The van der Waals surface area contributed by atoms with E-state index in [1.165, 1.54) is 0 Å². The van der Waals surface area contributed by atoms with Gasteiger partial charge in [-0.2, -0.15) is 0 Å². The quantitative estimate of drug-likeness (QED) is 0.761. The Morgan fingerprint density at radius 2 is 1.88 bits per heavy atom. The Balaban J connectivity index is 1.51. The van der Waals surface area contributed by atoms with Crippen LogP contribution in [0.4, 0.5) is 0 Å². The fourth-order valence-corrected chi connectivity index (χ4v) is 4.32. The van der Waals surface area contributed by atoms with Crippen molar-refractivity contribution < 1.29 is 4.79 Å². The van der Waals surface area contributed by atoms with Crippen LogP contribution in [0.5, 0.6) is 0 Å². The lowest BCUT2D eigenvalue weighted by Gasteiger charge is -2.42. The fourth-order valence-electron chi connectivity index (χ4n) is 4.05. The Hall–Kier alpha value is -1.72. The molecule has 2 unspecified atom stereocenters. The van der Waals surface area contributed by atoms with Crippen molar-refractivity contribution in [3.8, 4) is 0 Å². The summed E-state index contributed by atoms with van der Waals surface area (Å²) in [6.45, 7) is 2.96. The van der Waals surface area contributed by atoms with Gasteiger partial charge in [-0.3, -0.25) is 14.5 Å². The van der Waals surface area contributed by atoms with Crippen molar-refractivity contribution in [2.75, 3.05) is 19.6 Å². The number of hydrogen-bond donors (Lipinski definition) is 0. The molecule has 2 aliphatic heterocycles. The van der Waals surface area contributed by atoms with E-state index in [1.54, 1.807) is 6.07 Å². The largest absolute Gasteiger partial charge is 0.312 e. The molecule has 1 aromatic heterocycles. The first-order valence-corrected chi connectivity index (χ1v) is 9.10. The number of carbonyl (C=O) groups excluding carboxylic acids is 1. The molecule has 0 saturated carbocycles. The van der Waals surface area contributed by atoms with E-state index in [0.717, 1.165) is 41.8 Å². The first kappa shape index (κ1) is 15.8. The minimum atomic E-state index is 0.0987. The molecule has 0 spiro atoms. The van der Waals surface area contributed by atoms with Crippen molar-refractivity contribution in [3.05, 3.63) is 68.5 Å². The van der Waals surface area contributed by atoms with Crippen LogP contribution in [0.2, 0.25) is 0 Å². The van der Waals surface area contributed by atoms with Gasteiger partial charge >= 0.3 is 0 Å². The number of aromatic nitrogens is 1. The minimum absolute atomic E-state index is 0.0987. The summed E-state index contributed by atoms with van der Waals surface area (Å²) >= 11 is 3.40. The third-order valence-corrected chi connectivity index (χ3v) is 5.62. The lowest BCUT2D eigenvalue weighted by atomic mass is 9.83. The number of likely N-dealkylation sites (tertiary alicyclic amines) is 1. The van der Waals surface area contributed by atoms with Gasteiger partial charge in [0.25, 0.3) is 5.56 Å². The first-order chi connectivity index (χ1) is 11.6. The van der Waals surface area contributed by atoms with Crippen LogP contribution < -0.4 is 5.56 Å². The number of halogens is 1. The van der Waals surface area contributed by atoms with Gasteiger partial charge in [0.2, 0.25) is 0 Å². The number of rotatable bonds is 3. The van der Waals surface area contributed by atoms with Crippen LogP contribution in [-0.4, -0.2) is 34.9 Å². The summed E-state index contributed by atoms with van der Waals surface area (Å²) in [6, 6.07) is 13.1. The van der Waals surface area contributed by atoms with Gasteiger partial charge < -0.3 is 4.57 Å². The average Bonchev–Trinajstić information content (AvgIpc) is 2.56. The molecule has 124 valence electrons. The maximum atomic E-state index is 12.5. The average molecular weight is 387 g/mol. The molecule has 0 aliphatic carbocycles. The van der Waals surface area contributed by atoms with Gasteiger partial charge in [0.1, 0.15) is 0 Å². The fraction of sp³-hybridized carbons (Fsp3) is 0.368. The Bertz CT molecular complexity index is 828. The van der Waals surface area contributed by atoms with Gasteiger partial charge in [0, 0.05) is 47.3 Å². The standard InChI is InChI=1S/C19H19BrN2O2/c20-16-6-4-14(5-7-16)18(23)12-21-9-13-8-15(11-21)17-2-1-3-19(24)22(17)10-13/h1-7,13,15H,8-12H2. The predicted octanol–water partition coefficient (Wildman–Crippen LogP) is 2.91. The monoisotopic (exact) mass is 386 g/mol. The van der Waals surface area contributed by atoms with Crippen LogP contribution in [0.1, 0.15) is 28.4 Å². The summed E-state index contributed by atoms with van der Waals surface area (Å²) < 4.78 is 2.90. The maximum Gasteiger partial charge on any atom is 0.250 e. The maximum absolute atomic E-state index is 12.5. The van der Waals surface area contributed by atoms with E-state index in [4.69, 9.17) is 0 Å². The highest BCUT2D eigenvalue weighted by Gasteiger charge is 2.34. The normalized spacial score (nSPS) is 22.9. The number of fused-ring (bicyclic) bond motifs is 4. The number of nitrogens with zero attached hydrogens (tertiary/aromatic N) is 2.